The highest BCUT2D eigenvalue weighted by molar-refractivity contribution is 7.18. The Kier molecular flexibility index (Phi) is 2.86. The second-order valence-electron chi connectivity index (χ2n) is 3.78. The van der Waals surface area contributed by atoms with Gasteiger partial charge in [0.2, 0.25) is 0 Å². The number of rotatable bonds is 2. The van der Waals surface area contributed by atoms with Crippen molar-refractivity contribution >= 4 is 21.6 Å². The first-order valence-electron chi connectivity index (χ1n) is 5.16. The van der Waals surface area contributed by atoms with E-state index >= 15 is 0 Å². The Morgan fingerprint density at radius 1 is 1.41 bits per heavy atom. The van der Waals surface area contributed by atoms with Crippen LogP contribution >= 0.6 is 11.3 Å². The molecular formula is C11H11N3O2S. The first-order valence-corrected chi connectivity index (χ1v) is 5.97. The quantitative estimate of drug-likeness (QED) is 0.870. The molecule has 1 N–H and O–H groups in total. The molecule has 6 heteroatoms. The predicted octanol–water partition coefficient (Wildman–Crippen LogP) is 1.28. The van der Waals surface area contributed by atoms with Crippen molar-refractivity contribution in [3.05, 3.63) is 31.3 Å². The average Bonchev–Trinajstić information content (AvgIpc) is 2.54. The van der Waals surface area contributed by atoms with E-state index < -0.39 is 5.69 Å². The Bertz CT molecular complexity index is 730. The second kappa shape index (κ2) is 4.18. The summed E-state index contributed by atoms with van der Waals surface area (Å²) in [6, 6.07) is 1.93. The molecule has 0 aliphatic heterocycles. The van der Waals surface area contributed by atoms with Crippen molar-refractivity contribution in [1.29, 1.82) is 5.26 Å². The SMILES string of the molecule is Cc1sc2[nH]c(=O)n(CCC#N)c(=O)c2c1C. The predicted molar refractivity (Wildman–Crippen MR) is 66.4 cm³/mol. The molecule has 0 fully saturated rings. The maximum Gasteiger partial charge on any atom is 0.329 e. The fourth-order valence-electron chi connectivity index (χ4n) is 1.73. The zero-order valence-corrected chi connectivity index (χ0v) is 10.3. The lowest BCUT2D eigenvalue weighted by atomic mass is 10.2. The van der Waals surface area contributed by atoms with E-state index in [4.69, 9.17) is 5.26 Å². The zero-order valence-electron chi connectivity index (χ0n) is 9.53. The van der Waals surface area contributed by atoms with Gasteiger partial charge in [0.1, 0.15) is 4.83 Å². The number of aromatic nitrogens is 2. The molecule has 88 valence electrons. The Labute approximate surface area is 101 Å². The van der Waals surface area contributed by atoms with Gasteiger partial charge in [0, 0.05) is 11.4 Å². The Balaban J connectivity index is 2.80. The van der Waals surface area contributed by atoms with Gasteiger partial charge in [0.05, 0.1) is 17.9 Å². The largest absolute Gasteiger partial charge is 0.329 e. The maximum absolute atomic E-state index is 12.1. The number of nitrogens with one attached hydrogen (secondary N) is 1. The van der Waals surface area contributed by atoms with Crippen LogP contribution in [-0.4, -0.2) is 9.55 Å². The van der Waals surface area contributed by atoms with E-state index in [1.165, 1.54) is 11.3 Å². The molecule has 0 amide bonds. The number of fused-ring (bicyclic) bond motifs is 1. The lowest BCUT2D eigenvalue weighted by Gasteiger charge is -2.01. The van der Waals surface area contributed by atoms with Crippen molar-refractivity contribution in [2.24, 2.45) is 0 Å². The van der Waals surface area contributed by atoms with Gasteiger partial charge in [-0.2, -0.15) is 5.26 Å². The summed E-state index contributed by atoms with van der Waals surface area (Å²) < 4.78 is 1.09. The fourth-order valence-corrected chi connectivity index (χ4v) is 2.77. The summed E-state index contributed by atoms with van der Waals surface area (Å²) in [4.78, 5) is 28.1. The molecule has 2 aromatic rings. The van der Waals surface area contributed by atoms with Gasteiger partial charge in [-0.05, 0) is 19.4 Å². The van der Waals surface area contributed by atoms with E-state index in [1.807, 2.05) is 19.9 Å². The summed E-state index contributed by atoms with van der Waals surface area (Å²) in [5, 5.41) is 9.07. The van der Waals surface area contributed by atoms with Crippen LogP contribution in [0.15, 0.2) is 9.59 Å². The molecular weight excluding hydrogens is 238 g/mol. The van der Waals surface area contributed by atoms with Crippen LogP contribution in [0.25, 0.3) is 10.2 Å². The molecule has 0 aliphatic rings. The third-order valence-electron chi connectivity index (χ3n) is 2.76. The lowest BCUT2D eigenvalue weighted by molar-refractivity contribution is 0.650. The molecule has 0 spiro atoms. The number of thiophene rings is 1. The monoisotopic (exact) mass is 249 g/mol. The Morgan fingerprint density at radius 3 is 2.76 bits per heavy atom. The molecule has 0 atom stereocenters. The van der Waals surface area contributed by atoms with Crippen LogP contribution in [0.3, 0.4) is 0 Å². The van der Waals surface area contributed by atoms with Crippen molar-refractivity contribution in [2.45, 2.75) is 26.8 Å². The smallest absolute Gasteiger partial charge is 0.298 e. The summed E-state index contributed by atoms with van der Waals surface area (Å²) in [5.41, 5.74) is 0.150. The van der Waals surface area contributed by atoms with E-state index in [1.54, 1.807) is 0 Å². The normalized spacial score (nSPS) is 10.6. The summed E-state index contributed by atoms with van der Waals surface area (Å²) >= 11 is 1.41. The average molecular weight is 249 g/mol. The molecule has 2 aromatic heterocycles. The molecule has 5 nitrogen and oxygen atoms in total. The molecule has 0 aliphatic carbocycles. The van der Waals surface area contributed by atoms with Gasteiger partial charge in [0.25, 0.3) is 5.56 Å². The van der Waals surface area contributed by atoms with E-state index in [-0.39, 0.29) is 18.5 Å². The molecule has 0 radical (unpaired) electrons. The van der Waals surface area contributed by atoms with Gasteiger partial charge < -0.3 is 0 Å². The van der Waals surface area contributed by atoms with Gasteiger partial charge in [-0.15, -0.1) is 11.3 Å². The molecule has 0 saturated heterocycles. The molecule has 0 aromatic carbocycles. The molecule has 17 heavy (non-hydrogen) atoms. The van der Waals surface area contributed by atoms with E-state index in [0.717, 1.165) is 15.0 Å². The summed E-state index contributed by atoms with van der Waals surface area (Å²) in [5.74, 6) is 0. The number of nitriles is 1. The highest BCUT2D eigenvalue weighted by Gasteiger charge is 2.13. The van der Waals surface area contributed by atoms with Crippen LogP contribution in [0.2, 0.25) is 0 Å². The van der Waals surface area contributed by atoms with Crippen molar-refractivity contribution in [3.63, 3.8) is 0 Å². The minimum absolute atomic E-state index is 0.134. The maximum atomic E-state index is 12.1. The van der Waals surface area contributed by atoms with Gasteiger partial charge in [-0.3, -0.25) is 14.3 Å². The number of nitrogens with zero attached hydrogens (tertiary/aromatic N) is 2. The Morgan fingerprint density at radius 2 is 2.12 bits per heavy atom. The van der Waals surface area contributed by atoms with Gasteiger partial charge >= 0.3 is 5.69 Å². The first-order chi connectivity index (χ1) is 8.06. The summed E-state index contributed by atoms with van der Waals surface area (Å²) in [6.45, 7) is 3.91. The number of aromatic amines is 1. The number of hydrogen-bond acceptors (Lipinski definition) is 4. The molecule has 2 rings (SSSR count). The van der Waals surface area contributed by atoms with E-state index in [0.29, 0.717) is 10.2 Å². The second-order valence-corrected chi connectivity index (χ2v) is 5.01. The molecule has 0 unspecified atom stereocenters. The zero-order chi connectivity index (χ0) is 12.6. The summed E-state index contributed by atoms with van der Waals surface area (Å²) in [7, 11) is 0. The standard InChI is InChI=1S/C11H11N3O2S/c1-6-7(2)17-9-8(6)10(15)14(5-3-4-12)11(16)13-9/h3,5H2,1-2H3,(H,13,16). The number of H-pyrrole nitrogens is 1. The molecule has 2 heterocycles. The highest BCUT2D eigenvalue weighted by Crippen LogP contribution is 2.24. The van der Waals surface area contributed by atoms with E-state index in [9.17, 15) is 9.59 Å². The van der Waals surface area contributed by atoms with Gasteiger partial charge in [-0.1, -0.05) is 0 Å². The summed E-state index contributed by atoms with van der Waals surface area (Å²) in [6.07, 6.45) is 0.149. The van der Waals surface area contributed by atoms with Crippen LogP contribution < -0.4 is 11.2 Å². The van der Waals surface area contributed by atoms with Crippen LogP contribution in [-0.2, 0) is 6.54 Å². The van der Waals surface area contributed by atoms with Crippen molar-refractivity contribution in [1.82, 2.24) is 9.55 Å². The van der Waals surface area contributed by atoms with Gasteiger partial charge in [-0.25, -0.2) is 4.79 Å². The topological polar surface area (TPSA) is 78.7 Å². The minimum atomic E-state index is -0.445. The van der Waals surface area contributed by atoms with Crippen LogP contribution in [0, 0.1) is 25.2 Å². The van der Waals surface area contributed by atoms with Gasteiger partial charge in [0.15, 0.2) is 0 Å². The molecule has 0 saturated carbocycles. The van der Waals surface area contributed by atoms with Crippen molar-refractivity contribution in [3.8, 4) is 6.07 Å². The number of hydrogen-bond donors (Lipinski definition) is 1. The van der Waals surface area contributed by atoms with Crippen LogP contribution in [0.1, 0.15) is 16.9 Å². The number of aryl methyl sites for hydroxylation is 2. The van der Waals surface area contributed by atoms with Crippen LogP contribution in [0.4, 0.5) is 0 Å². The molecule has 0 bridgehead atoms. The van der Waals surface area contributed by atoms with Crippen molar-refractivity contribution in [2.75, 3.05) is 0 Å². The first kappa shape index (κ1) is 11.6. The minimum Gasteiger partial charge on any atom is -0.298 e. The lowest BCUT2D eigenvalue weighted by Crippen LogP contribution is -2.34. The highest BCUT2D eigenvalue weighted by atomic mass is 32.1. The van der Waals surface area contributed by atoms with Crippen molar-refractivity contribution < 1.29 is 0 Å². The fraction of sp³-hybridized carbons (Fsp3) is 0.364. The third kappa shape index (κ3) is 1.78. The van der Waals surface area contributed by atoms with Crippen LogP contribution in [0.5, 0.6) is 0 Å². The Hall–Kier alpha value is -1.87. The van der Waals surface area contributed by atoms with E-state index in [2.05, 4.69) is 4.98 Å². The third-order valence-corrected chi connectivity index (χ3v) is 3.88.